The van der Waals surface area contributed by atoms with Crippen LogP contribution in [0.15, 0.2) is 42.7 Å². The van der Waals surface area contributed by atoms with Crippen molar-refractivity contribution in [1.82, 2.24) is 14.8 Å². The Morgan fingerprint density at radius 2 is 1.89 bits per heavy atom. The number of hydrogen-bond acceptors (Lipinski definition) is 5. The molecule has 1 aliphatic heterocycles. The number of likely N-dealkylation sites (N-methyl/N-ethyl adjacent to an activating group) is 1. The summed E-state index contributed by atoms with van der Waals surface area (Å²) in [6, 6.07) is 8.32. The Bertz CT molecular complexity index is 832. The van der Waals surface area contributed by atoms with E-state index < -0.39 is 5.97 Å². The van der Waals surface area contributed by atoms with Gasteiger partial charge in [-0.1, -0.05) is 12.1 Å². The van der Waals surface area contributed by atoms with Crippen molar-refractivity contribution in [2.75, 3.05) is 39.8 Å². The standard InChI is InChI=1S/C20H23N3O5/c1-22(13-18(24)25)11-17-12-23(8-9-28-17)20(27)15-4-2-14(3-5-15)19(26)16-6-7-21-10-16/h2-7,10,17,21H,8-9,11-13H2,1H3,(H,24,25). The van der Waals surface area contributed by atoms with Gasteiger partial charge in [-0.3, -0.25) is 19.3 Å². The SMILES string of the molecule is CN(CC(=O)O)CC1CN(C(=O)c2ccc(C(=O)c3cc[nH]c3)cc2)CCO1. The van der Waals surface area contributed by atoms with Crippen molar-refractivity contribution in [3.05, 3.63) is 59.4 Å². The second kappa shape index (κ2) is 8.81. The molecule has 1 unspecified atom stereocenters. The van der Waals surface area contributed by atoms with Crippen LogP contribution >= 0.6 is 0 Å². The number of nitrogens with one attached hydrogen (secondary N) is 1. The number of ketones is 1. The third-order valence-electron chi connectivity index (χ3n) is 4.60. The van der Waals surface area contributed by atoms with E-state index in [0.717, 1.165) is 0 Å². The minimum Gasteiger partial charge on any atom is -0.480 e. The highest BCUT2D eigenvalue weighted by molar-refractivity contribution is 6.09. The summed E-state index contributed by atoms with van der Waals surface area (Å²) in [5, 5.41) is 8.85. The van der Waals surface area contributed by atoms with E-state index in [1.54, 1.807) is 59.6 Å². The summed E-state index contributed by atoms with van der Waals surface area (Å²) >= 11 is 0. The van der Waals surface area contributed by atoms with Crippen LogP contribution in [0.2, 0.25) is 0 Å². The van der Waals surface area contributed by atoms with E-state index in [1.165, 1.54) is 0 Å². The highest BCUT2D eigenvalue weighted by Gasteiger charge is 2.26. The van der Waals surface area contributed by atoms with Crippen LogP contribution in [-0.4, -0.2) is 83.5 Å². The number of nitrogens with zero attached hydrogens (tertiary/aromatic N) is 2. The van der Waals surface area contributed by atoms with Crippen molar-refractivity contribution in [2.24, 2.45) is 0 Å². The molecule has 2 heterocycles. The molecule has 1 aliphatic rings. The maximum absolute atomic E-state index is 12.8. The van der Waals surface area contributed by atoms with Gasteiger partial charge in [-0.05, 0) is 25.2 Å². The molecule has 0 spiro atoms. The molecule has 0 bridgehead atoms. The number of carboxylic acid groups (broad SMARTS) is 1. The van der Waals surface area contributed by atoms with Gasteiger partial charge < -0.3 is 19.7 Å². The van der Waals surface area contributed by atoms with Crippen molar-refractivity contribution in [3.8, 4) is 0 Å². The van der Waals surface area contributed by atoms with Crippen molar-refractivity contribution >= 4 is 17.7 Å². The van der Waals surface area contributed by atoms with Gasteiger partial charge >= 0.3 is 5.97 Å². The number of carbonyl (C=O) groups excluding carboxylic acids is 2. The van der Waals surface area contributed by atoms with Crippen molar-refractivity contribution < 1.29 is 24.2 Å². The molecule has 8 nitrogen and oxygen atoms in total. The highest BCUT2D eigenvalue weighted by Crippen LogP contribution is 2.15. The van der Waals surface area contributed by atoms with E-state index in [1.807, 2.05) is 0 Å². The van der Waals surface area contributed by atoms with E-state index >= 15 is 0 Å². The number of carboxylic acids is 1. The zero-order valence-electron chi connectivity index (χ0n) is 15.6. The summed E-state index contributed by atoms with van der Waals surface area (Å²) in [5.74, 6) is -1.14. The number of benzene rings is 1. The van der Waals surface area contributed by atoms with Gasteiger partial charge in [0.05, 0.1) is 19.3 Å². The molecule has 1 aromatic carbocycles. The molecule has 2 aromatic rings. The number of carbonyl (C=O) groups is 3. The maximum atomic E-state index is 12.8. The van der Waals surface area contributed by atoms with Crippen molar-refractivity contribution in [3.63, 3.8) is 0 Å². The number of aromatic amines is 1. The van der Waals surface area contributed by atoms with Crippen LogP contribution in [0.3, 0.4) is 0 Å². The largest absolute Gasteiger partial charge is 0.480 e. The lowest BCUT2D eigenvalue weighted by Crippen LogP contribution is -2.49. The lowest BCUT2D eigenvalue weighted by Gasteiger charge is -2.34. The Balaban J connectivity index is 1.61. The second-order valence-electron chi connectivity index (χ2n) is 6.84. The first kappa shape index (κ1) is 19.8. The van der Waals surface area contributed by atoms with Crippen LogP contribution in [0.5, 0.6) is 0 Å². The van der Waals surface area contributed by atoms with E-state index in [0.29, 0.717) is 42.9 Å². The van der Waals surface area contributed by atoms with Gasteiger partial charge in [-0.2, -0.15) is 0 Å². The van der Waals surface area contributed by atoms with Gasteiger partial charge in [-0.25, -0.2) is 0 Å². The van der Waals surface area contributed by atoms with Crippen LogP contribution in [0.25, 0.3) is 0 Å². The fourth-order valence-corrected chi connectivity index (χ4v) is 3.24. The molecule has 148 valence electrons. The maximum Gasteiger partial charge on any atom is 0.317 e. The Morgan fingerprint density at radius 1 is 1.18 bits per heavy atom. The van der Waals surface area contributed by atoms with Gasteiger partial charge in [0.1, 0.15) is 0 Å². The topological polar surface area (TPSA) is 103 Å². The van der Waals surface area contributed by atoms with E-state index in [4.69, 9.17) is 9.84 Å². The lowest BCUT2D eigenvalue weighted by atomic mass is 10.0. The summed E-state index contributed by atoms with van der Waals surface area (Å²) < 4.78 is 5.66. The number of aromatic nitrogens is 1. The summed E-state index contributed by atoms with van der Waals surface area (Å²) in [6.45, 7) is 1.63. The Labute approximate surface area is 162 Å². The van der Waals surface area contributed by atoms with Gasteiger partial charge in [0.15, 0.2) is 5.78 Å². The average Bonchev–Trinajstić information content (AvgIpc) is 3.21. The van der Waals surface area contributed by atoms with Crippen LogP contribution < -0.4 is 0 Å². The number of rotatable bonds is 7. The average molecular weight is 385 g/mol. The Kier molecular flexibility index (Phi) is 6.23. The first-order chi connectivity index (χ1) is 13.4. The lowest BCUT2D eigenvalue weighted by molar-refractivity contribution is -0.138. The van der Waals surface area contributed by atoms with E-state index in [-0.39, 0.29) is 24.3 Å². The van der Waals surface area contributed by atoms with Crippen LogP contribution in [0, 0.1) is 0 Å². The Hall–Kier alpha value is -2.97. The van der Waals surface area contributed by atoms with Crippen molar-refractivity contribution in [1.29, 1.82) is 0 Å². The zero-order chi connectivity index (χ0) is 20.1. The molecule has 1 saturated heterocycles. The molecule has 0 radical (unpaired) electrons. The van der Waals surface area contributed by atoms with E-state index in [2.05, 4.69) is 4.98 Å². The normalized spacial score (nSPS) is 16.9. The molecule has 2 N–H and O–H groups in total. The van der Waals surface area contributed by atoms with Crippen LogP contribution in [-0.2, 0) is 9.53 Å². The highest BCUT2D eigenvalue weighted by atomic mass is 16.5. The molecule has 1 amide bonds. The zero-order valence-corrected chi connectivity index (χ0v) is 15.6. The van der Waals surface area contributed by atoms with Gasteiger partial charge in [0.25, 0.3) is 5.91 Å². The molecular formula is C20H23N3O5. The smallest absolute Gasteiger partial charge is 0.317 e. The summed E-state index contributed by atoms with van der Waals surface area (Å²) in [5.41, 5.74) is 1.59. The molecule has 28 heavy (non-hydrogen) atoms. The number of H-pyrrole nitrogens is 1. The molecular weight excluding hydrogens is 362 g/mol. The number of hydrogen-bond donors (Lipinski definition) is 2. The summed E-state index contributed by atoms with van der Waals surface area (Å²) in [6.07, 6.45) is 3.08. The molecule has 8 heteroatoms. The number of amides is 1. The van der Waals surface area contributed by atoms with Gasteiger partial charge in [0.2, 0.25) is 0 Å². The fourth-order valence-electron chi connectivity index (χ4n) is 3.24. The molecule has 0 saturated carbocycles. The van der Waals surface area contributed by atoms with Crippen LogP contribution in [0.1, 0.15) is 26.3 Å². The predicted molar refractivity (Wildman–Crippen MR) is 101 cm³/mol. The first-order valence-corrected chi connectivity index (χ1v) is 9.03. The fraction of sp³-hybridized carbons (Fsp3) is 0.350. The molecule has 0 aliphatic carbocycles. The summed E-state index contributed by atoms with van der Waals surface area (Å²) in [7, 11) is 1.71. The number of morpholine rings is 1. The van der Waals surface area contributed by atoms with E-state index in [9.17, 15) is 14.4 Å². The number of ether oxygens (including phenoxy) is 1. The van der Waals surface area contributed by atoms with Gasteiger partial charge in [0, 0.05) is 48.7 Å². The molecule has 1 fully saturated rings. The third kappa shape index (κ3) is 4.85. The minimum atomic E-state index is -0.902. The molecule has 3 rings (SSSR count). The van der Waals surface area contributed by atoms with Crippen molar-refractivity contribution in [2.45, 2.75) is 6.10 Å². The van der Waals surface area contributed by atoms with Gasteiger partial charge in [-0.15, -0.1) is 0 Å². The monoisotopic (exact) mass is 385 g/mol. The third-order valence-corrected chi connectivity index (χ3v) is 4.60. The molecule has 1 aromatic heterocycles. The summed E-state index contributed by atoms with van der Waals surface area (Å²) in [4.78, 5) is 42.1. The predicted octanol–water partition coefficient (Wildman–Crippen LogP) is 1.10. The quantitative estimate of drug-likeness (QED) is 0.692. The number of aliphatic carboxylic acids is 1. The second-order valence-corrected chi connectivity index (χ2v) is 6.84. The minimum absolute atomic E-state index is 0.0789. The van der Waals surface area contributed by atoms with Crippen LogP contribution in [0.4, 0.5) is 0 Å². The first-order valence-electron chi connectivity index (χ1n) is 9.03. The Morgan fingerprint density at radius 3 is 2.54 bits per heavy atom. The molecule has 1 atom stereocenters.